The molecule has 0 unspecified atom stereocenters. The van der Waals surface area contributed by atoms with E-state index >= 15 is 0 Å². The van der Waals surface area contributed by atoms with Crippen LogP contribution >= 0.6 is 12.2 Å². The van der Waals surface area contributed by atoms with Crippen molar-refractivity contribution < 1.29 is 0 Å². The van der Waals surface area contributed by atoms with Gasteiger partial charge in [-0.25, -0.2) is 0 Å². The van der Waals surface area contributed by atoms with Crippen molar-refractivity contribution in [3.63, 3.8) is 0 Å². The summed E-state index contributed by atoms with van der Waals surface area (Å²) in [5.74, 6) is 1.59. The Kier molecular flexibility index (Phi) is 19.0. The van der Waals surface area contributed by atoms with E-state index in [0.717, 1.165) is 36.1 Å². The molecular formula is C22H35BS. The lowest BCUT2D eigenvalue weighted by molar-refractivity contribution is 0.952. The second-order valence-electron chi connectivity index (χ2n) is 5.59. The molecule has 0 aliphatic carbocycles. The van der Waals surface area contributed by atoms with Gasteiger partial charge < -0.3 is 0 Å². The van der Waals surface area contributed by atoms with Crippen LogP contribution in [0.5, 0.6) is 0 Å². The van der Waals surface area contributed by atoms with Gasteiger partial charge in [-0.05, 0) is 49.3 Å². The third-order valence-electron chi connectivity index (χ3n) is 3.44. The molecule has 0 N–H and O–H groups in total. The Morgan fingerprint density at radius 1 is 1.04 bits per heavy atom. The predicted molar refractivity (Wildman–Crippen MR) is 118 cm³/mol. The molecule has 2 heteroatoms. The Balaban J connectivity index is 0. The first-order valence-electron chi connectivity index (χ1n) is 9.11. The zero-order chi connectivity index (χ0) is 18.8. The molecule has 0 bridgehead atoms. The number of unbranched alkanes of at least 4 members (excludes halogenated alkanes) is 2. The molecule has 0 spiro atoms. The zero-order valence-corrected chi connectivity index (χ0v) is 17.2. The summed E-state index contributed by atoms with van der Waals surface area (Å²) in [4.78, 5) is 0.968. The van der Waals surface area contributed by atoms with Gasteiger partial charge in [-0.15, -0.1) is 5.98 Å². The van der Waals surface area contributed by atoms with Gasteiger partial charge in [0.15, 0.2) is 0 Å². The molecule has 0 fully saturated rings. The first kappa shape index (κ1) is 25.1. The van der Waals surface area contributed by atoms with Crippen LogP contribution in [-0.4, -0.2) is 12.7 Å². The zero-order valence-electron chi connectivity index (χ0n) is 16.4. The van der Waals surface area contributed by atoms with Gasteiger partial charge in [0.25, 0.3) is 0 Å². The van der Waals surface area contributed by atoms with E-state index in [0.29, 0.717) is 0 Å². The minimum Gasteiger partial charge on any atom is -0.131 e. The average molecular weight is 342 g/mol. The molecule has 2 radical (unpaired) electrons. The van der Waals surface area contributed by atoms with Crippen LogP contribution in [0.15, 0.2) is 59.7 Å². The minimum absolute atomic E-state index is 0.968. The van der Waals surface area contributed by atoms with E-state index < -0.39 is 0 Å². The fraction of sp³-hybridized carbons (Fsp3) is 0.500. The van der Waals surface area contributed by atoms with Crippen LogP contribution in [0.2, 0.25) is 0 Å². The SMILES string of the molecule is C=C(CC)/C(=C/CCC)C(C)=S.[B]\C=C/C(=C\C=C\CCC)CC. The maximum Gasteiger partial charge on any atom is 0.102 e. The number of hydrogen-bond acceptors (Lipinski definition) is 1. The van der Waals surface area contributed by atoms with Gasteiger partial charge in [-0.1, -0.05) is 89.7 Å². The molecule has 0 rings (SSSR count). The summed E-state index contributed by atoms with van der Waals surface area (Å²) in [5, 5.41) is 0. The highest BCUT2D eigenvalue weighted by atomic mass is 32.1. The maximum absolute atomic E-state index is 5.29. The van der Waals surface area contributed by atoms with E-state index in [-0.39, 0.29) is 0 Å². The van der Waals surface area contributed by atoms with Gasteiger partial charge >= 0.3 is 0 Å². The first-order valence-corrected chi connectivity index (χ1v) is 9.52. The number of rotatable bonds is 10. The van der Waals surface area contributed by atoms with Crippen LogP contribution in [0.1, 0.15) is 73.1 Å². The molecule has 0 heterocycles. The molecule has 0 atom stereocenters. The highest BCUT2D eigenvalue weighted by molar-refractivity contribution is 7.80. The van der Waals surface area contributed by atoms with Crippen LogP contribution in [0.3, 0.4) is 0 Å². The molecule has 0 aromatic heterocycles. The molecule has 0 aliphatic rings. The van der Waals surface area contributed by atoms with Crippen molar-refractivity contribution in [1.82, 2.24) is 0 Å². The summed E-state index contributed by atoms with van der Waals surface area (Å²) < 4.78 is 0. The Labute approximate surface area is 157 Å². The number of allylic oxidation sites excluding steroid dienone is 8. The van der Waals surface area contributed by atoms with Crippen LogP contribution in [-0.2, 0) is 0 Å². The third kappa shape index (κ3) is 14.4. The van der Waals surface area contributed by atoms with Gasteiger partial charge in [0.2, 0.25) is 0 Å². The Bertz CT molecular complexity index is 464. The van der Waals surface area contributed by atoms with E-state index in [4.69, 9.17) is 20.1 Å². The van der Waals surface area contributed by atoms with Crippen molar-refractivity contribution >= 4 is 24.9 Å². The van der Waals surface area contributed by atoms with Crippen molar-refractivity contribution in [2.75, 3.05) is 0 Å². The summed E-state index contributed by atoms with van der Waals surface area (Å²) in [7, 11) is 5.29. The molecule has 0 aromatic rings. The van der Waals surface area contributed by atoms with E-state index in [2.05, 4.69) is 58.6 Å². The first-order chi connectivity index (χ1) is 11.5. The largest absolute Gasteiger partial charge is 0.131 e. The average Bonchev–Trinajstić information content (AvgIpc) is 2.58. The van der Waals surface area contributed by atoms with E-state index in [9.17, 15) is 0 Å². The maximum atomic E-state index is 5.29. The molecule has 0 saturated heterocycles. The quantitative estimate of drug-likeness (QED) is 0.172. The summed E-state index contributed by atoms with van der Waals surface area (Å²) in [6.45, 7) is 14.5. The molecule has 132 valence electrons. The predicted octanol–water partition coefficient (Wildman–Crippen LogP) is 7.43. The molecule has 0 nitrogen and oxygen atoms in total. The van der Waals surface area contributed by atoms with Gasteiger partial charge in [-0.2, -0.15) is 0 Å². The molecule has 0 amide bonds. The molecule has 24 heavy (non-hydrogen) atoms. The topological polar surface area (TPSA) is 0 Å². The minimum atomic E-state index is 0.968. The smallest absolute Gasteiger partial charge is 0.102 e. The molecule has 0 aliphatic heterocycles. The van der Waals surface area contributed by atoms with Crippen molar-refractivity contribution in [3.05, 3.63) is 59.7 Å². The number of hydrogen-bond donors (Lipinski definition) is 0. The summed E-state index contributed by atoms with van der Waals surface area (Å²) >= 11 is 5.14. The van der Waals surface area contributed by atoms with Gasteiger partial charge in [0.1, 0.15) is 7.85 Å². The van der Waals surface area contributed by atoms with Crippen LogP contribution in [0.25, 0.3) is 0 Å². The highest BCUT2D eigenvalue weighted by Crippen LogP contribution is 2.15. The summed E-state index contributed by atoms with van der Waals surface area (Å²) in [5.41, 5.74) is 3.62. The second kappa shape index (κ2) is 18.2. The normalized spacial score (nSPS) is 12.4. The van der Waals surface area contributed by atoms with Crippen LogP contribution in [0.4, 0.5) is 0 Å². The highest BCUT2D eigenvalue weighted by Gasteiger charge is 2.01. The lowest BCUT2D eigenvalue weighted by Gasteiger charge is -2.06. The second-order valence-corrected chi connectivity index (χ2v) is 6.20. The lowest BCUT2D eigenvalue weighted by atomic mass is 10.0. The van der Waals surface area contributed by atoms with Gasteiger partial charge in [0, 0.05) is 4.86 Å². The molecule has 0 aromatic carbocycles. The monoisotopic (exact) mass is 342 g/mol. The summed E-state index contributed by atoms with van der Waals surface area (Å²) in [6.07, 6.45) is 17.2. The fourth-order valence-corrected chi connectivity index (χ4v) is 2.11. The molecular weight excluding hydrogens is 307 g/mol. The fourth-order valence-electron chi connectivity index (χ4n) is 1.89. The molecule has 0 saturated carbocycles. The van der Waals surface area contributed by atoms with E-state index in [1.807, 2.05) is 13.0 Å². The number of thiocarbonyl (C=S) groups is 1. The van der Waals surface area contributed by atoms with Crippen molar-refractivity contribution in [2.45, 2.75) is 73.1 Å². The summed E-state index contributed by atoms with van der Waals surface area (Å²) in [6, 6.07) is 0. The standard InChI is InChI=1S/C11H17B.C11H18S/c1-3-5-6-7-8-11(4-2)9-10-12;1-5-7-8-11(10(4)12)9(3)6-2/h6-10H,3-5H2,1-2H3;8H,3,5-7H2,1-2,4H3/b7-6+,10-9-,11-8-;11-8-. The van der Waals surface area contributed by atoms with Gasteiger partial charge in [-0.3, -0.25) is 0 Å². The Hall–Kier alpha value is -1.15. The van der Waals surface area contributed by atoms with Crippen molar-refractivity contribution in [3.8, 4) is 0 Å². The van der Waals surface area contributed by atoms with Crippen molar-refractivity contribution in [1.29, 1.82) is 0 Å². The Morgan fingerprint density at radius 2 is 1.67 bits per heavy atom. The van der Waals surface area contributed by atoms with Crippen molar-refractivity contribution in [2.24, 2.45) is 0 Å². The van der Waals surface area contributed by atoms with E-state index in [1.54, 1.807) is 5.98 Å². The van der Waals surface area contributed by atoms with Crippen LogP contribution in [0, 0.1) is 0 Å². The van der Waals surface area contributed by atoms with Crippen LogP contribution < -0.4 is 0 Å². The van der Waals surface area contributed by atoms with Gasteiger partial charge in [0.05, 0.1) is 0 Å². The van der Waals surface area contributed by atoms with E-state index in [1.165, 1.54) is 24.0 Å². The third-order valence-corrected chi connectivity index (χ3v) is 3.66. The lowest BCUT2D eigenvalue weighted by Crippen LogP contribution is -1.96. The Morgan fingerprint density at radius 3 is 2.08 bits per heavy atom.